The lowest BCUT2D eigenvalue weighted by Gasteiger charge is -2.54. The van der Waals surface area contributed by atoms with Crippen molar-refractivity contribution in [2.24, 2.45) is 23.2 Å². The van der Waals surface area contributed by atoms with Gasteiger partial charge < -0.3 is 14.2 Å². The van der Waals surface area contributed by atoms with Gasteiger partial charge in [0.1, 0.15) is 5.75 Å². The molecular weight excluding hydrogens is 408 g/mol. The zero-order valence-electron chi connectivity index (χ0n) is 21.7. The van der Waals surface area contributed by atoms with Crippen molar-refractivity contribution < 1.29 is 14.2 Å². The Balaban J connectivity index is 1.57. The largest absolute Gasteiger partial charge is 0.494 e. The van der Waals surface area contributed by atoms with E-state index in [0.717, 1.165) is 50.4 Å². The summed E-state index contributed by atoms with van der Waals surface area (Å²) in [5.41, 5.74) is 3.49. The second-order valence-electron chi connectivity index (χ2n) is 11.1. The molecule has 3 heteroatoms. The summed E-state index contributed by atoms with van der Waals surface area (Å²) < 4.78 is 18.5. The zero-order valence-corrected chi connectivity index (χ0v) is 21.7. The van der Waals surface area contributed by atoms with Crippen LogP contribution >= 0.6 is 0 Å². The molecule has 0 spiro atoms. The number of unbranched alkanes of at least 4 members (excludes halogenated alkanes) is 2. The van der Waals surface area contributed by atoms with Crippen LogP contribution in [-0.2, 0) is 15.9 Å². The minimum Gasteiger partial charge on any atom is -0.494 e. The quantitative estimate of drug-likeness (QED) is 0.304. The van der Waals surface area contributed by atoms with Gasteiger partial charge in [-0.25, -0.2) is 0 Å². The van der Waals surface area contributed by atoms with Gasteiger partial charge in [-0.3, -0.25) is 0 Å². The second-order valence-corrected chi connectivity index (χ2v) is 11.1. The summed E-state index contributed by atoms with van der Waals surface area (Å²) in [7, 11) is 0. The Hall–Kier alpha value is -1.06. The smallest absolute Gasteiger partial charge is 0.119 e. The highest BCUT2D eigenvalue weighted by Gasteiger charge is 2.58. The molecule has 2 saturated carbocycles. The first-order chi connectivity index (χ1) is 16.1. The van der Waals surface area contributed by atoms with Crippen molar-refractivity contribution in [3.63, 3.8) is 0 Å². The normalized spacial score (nSPS) is 32.8. The molecule has 0 aliphatic heterocycles. The van der Waals surface area contributed by atoms with E-state index in [9.17, 15) is 0 Å². The maximum atomic E-state index is 6.55. The SMILES string of the molecule is CCCCOc1ccc2c(c1)CCC1C2[C@@H](CCOCC)CC2(C)C(OCCCC)CCC12. The summed E-state index contributed by atoms with van der Waals surface area (Å²) in [6.07, 6.45) is 12.7. The van der Waals surface area contributed by atoms with Crippen LogP contribution in [0.5, 0.6) is 5.75 Å². The van der Waals surface area contributed by atoms with Crippen LogP contribution in [0.1, 0.15) is 103 Å². The summed E-state index contributed by atoms with van der Waals surface area (Å²) >= 11 is 0. The van der Waals surface area contributed by atoms with Gasteiger partial charge >= 0.3 is 0 Å². The molecule has 4 rings (SSSR count). The fourth-order valence-corrected chi connectivity index (χ4v) is 7.55. The van der Waals surface area contributed by atoms with Gasteiger partial charge in [0.2, 0.25) is 0 Å². The molecule has 0 radical (unpaired) electrons. The van der Waals surface area contributed by atoms with E-state index in [1.54, 1.807) is 11.1 Å². The number of rotatable bonds is 12. The predicted octanol–water partition coefficient (Wildman–Crippen LogP) is 7.56. The van der Waals surface area contributed by atoms with Gasteiger partial charge in [0, 0.05) is 19.8 Å². The van der Waals surface area contributed by atoms with E-state index in [1.807, 2.05) is 0 Å². The number of aryl methyl sites for hydroxylation is 1. The number of hydrogen-bond donors (Lipinski definition) is 0. The second kappa shape index (κ2) is 11.6. The van der Waals surface area contributed by atoms with E-state index < -0.39 is 0 Å². The summed E-state index contributed by atoms with van der Waals surface area (Å²) in [5, 5.41) is 0. The fourth-order valence-electron chi connectivity index (χ4n) is 7.55. The van der Waals surface area contributed by atoms with Crippen molar-refractivity contribution in [1.82, 2.24) is 0 Å². The molecule has 2 fully saturated rings. The molecule has 186 valence electrons. The summed E-state index contributed by atoms with van der Waals surface area (Å²) in [6, 6.07) is 7.03. The Bertz CT molecular complexity index is 746. The zero-order chi connectivity index (χ0) is 23.3. The van der Waals surface area contributed by atoms with Crippen molar-refractivity contribution >= 4 is 0 Å². The standard InChI is InChI=1S/C30H48O3/c1-5-8-17-32-24-11-13-25-22(20-24)10-12-26-27-14-15-28(33-18-9-6-2)30(27,4)21-23(29(25)26)16-19-31-7-3/h11,13,20,23,26-29H,5-10,12,14-19,21H2,1-4H3/t23-,26?,27?,28?,29?,30?/m0/s1. The van der Waals surface area contributed by atoms with Crippen molar-refractivity contribution in [3.05, 3.63) is 29.3 Å². The van der Waals surface area contributed by atoms with Gasteiger partial charge in [0.05, 0.1) is 12.7 Å². The highest BCUT2D eigenvalue weighted by Crippen LogP contribution is 2.64. The Morgan fingerprint density at radius 1 is 0.970 bits per heavy atom. The summed E-state index contributed by atoms with van der Waals surface area (Å²) in [4.78, 5) is 0. The topological polar surface area (TPSA) is 27.7 Å². The summed E-state index contributed by atoms with van der Waals surface area (Å²) in [6.45, 7) is 12.6. The van der Waals surface area contributed by atoms with Crippen LogP contribution in [0.25, 0.3) is 0 Å². The molecule has 1 aromatic rings. The Kier molecular flexibility index (Phi) is 8.79. The monoisotopic (exact) mass is 456 g/mol. The lowest BCUT2D eigenvalue weighted by Crippen LogP contribution is -2.48. The van der Waals surface area contributed by atoms with Crippen LogP contribution in [0.3, 0.4) is 0 Å². The molecule has 5 unspecified atom stereocenters. The van der Waals surface area contributed by atoms with E-state index in [4.69, 9.17) is 14.2 Å². The molecule has 3 aliphatic carbocycles. The average molecular weight is 457 g/mol. The number of hydrogen-bond acceptors (Lipinski definition) is 3. The van der Waals surface area contributed by atoms with Crippen molar-refractivity contribution in [2.75, 3.05) is 26.4 Å². The first kappa shape index (κ1) is 25.0. The predicted molar refractivity (Wildman–Crippen MR) is 136 cm³/mol. The third-order valence-electron chi connectivity index (χ3n) is 9.15. The molecule has 0 aromatic heterocycles. The average Bonchev–Trinajstić information content (AvgIpc) is 3.15. The number of benzene rings is 1. The van der Waals surface area contributed by atoms with Crippen LogP contribution in [0.15, 0.2) is 18.2 Å². The van der Waals surface area contributed by atoms with Gasteiger partial charge in [0.15, 0.2) is 0 Å². The van der Waals surface area contributed by atoms with E-state index >= 15 is 0 Å². The minimum atomic E-state index is 0.326. The molecular formula is C30H48O3. The van der Waals surface area contributed by atoms with Crippen LogP contribution in [-0.4, -0.2) is 32.5 Å². The molecule has 1 aromatic carbocycles. The fraction of sp³-hybridized carbons (Fsp3) is 0.800. The maximum absolute atomic E-state index is 6.55. The van der Waals surface area contributed by atoms with Gasteiger partial charge in [-0.2, -0.15) is 0 Å². The molecule has 3 aliphatic rings. The molecule has 0 N–H and O–H groups in total. The molecule has 0 heterocycles. The van der Waals surface area contributed by atoms with Crippen molar-refractivity contribution in [1.29, 1.82) is 0 Å². The molecule has 3 nitrogen and oxygen atoms in total. The highest BCUT2D eigenvalue weighted by atomic mass is 16.5. The van der Waals surface area contributed by atoms with Gasteiger partial charge in [-0.15, -0.1) is 0 Å². The van der Waals surface area contributed by atoms with E-state index in [-0.39, 0.29) is 0 Å². The summed E-state index contributed by atoms with van der Waals surface area (Å²) in [5.74, 6) is 4.01. The Morgan fingerprint density at radius 2 is 1.79 bits per heavy atom. The van der Waals surface area contributed by atoms with Crippen LogP contribution in [0, 0.1) is 23.2 Å². The van der Waals surface area contributed by atoms with Crippen molar-refractivity contribution in [3.8, 4) is 5.75 Å². The highest BCUT2D eigenvalue weighted by molar-refractivity contribution is 5.41. The number of ether oxygens (including phenoxy) is 3. The number of fused-ring (bicyclic) bond motifs is 5. The first-order valence-electron chi connectivity index (χ1n) is 14.1. The van der Waals surface area contributed by atoms with Gasteiger partial charge in [-0.1, -0.05) is 39.7 Å². The van der Waals surface area contributed by atoms with E-state index in [1.165, 1.54) is 57.8 Å². The van der Waals surface area contributed by atoms with E-state index in [0.29, 0.717) is 23.4 Å². The lowest BCUT2D eigenvalue weighted by molar-refractivity contribution is -0.0847. The van der Waals surface area contributed by atoms with Crippen LogP contribution in [0.2, 0.25) is 0 Å². The first-order valence-corrected chi connectivity index (χ1v) is 14.1. The lowest BCUT2D eigenvalue weighted by atomic mass is 9.51. The third kappa shape index (κ3) is 5.30. The maximum Gasteiger partial charge on any atom is 0.119 e. The molecule has 6 atom stereocenters. The molecule has 33 heavy (non-hydrogen) atoms. The Labute approximate surface area is 203 Å². The molecule has 0 amide bonds. The van der Waals surface area contributed by atoms with Crippen molar-refractivity contribution in [2.45, 2.75) is 104 Å². The minimum absolute atomic E-state index is 0.326. The van der Waals surface area contributed by atoms with Gasteiger partial charge in [0.25, 0.3) is 0 Å². The molecule has 0 bridgehead atoms. The van der Waals surface area contributed by atoms with Gasteiger partial charge in [-0.05, 0) is 111 Å². The molecule has 0 saturated heterocycles. The van der Waals surface area contributed by atoms with Crippen LogP contribution in [0.4, 0.5) is 0 Å². The third-order valence-corrected chi connectivity index (χ3v) is 9.15. The van der Waals surface area contributed by atoms with Crippen LogP contribution < -0.4 is 4.74 Å². The Morgan fingerprint density at radius 3 is 2.58 bits per heavy atom. The van der Waals surface area contributed by atoms with E-state index in [2.05, 4.69) is 45.9 Å².